The van der Waals surface area contributed by atoms with E-state index in [1.807, 2.05) is 31.4 Å². The molecule has 27 heavy (non-hydrogen) atoms. The Morgan fingerprint density at radius 3 is 2.63 bits per heavy atom. The van der Waals surface area contributed by atoms with E-state index in [4.69, 9.17) is 0 Å². The number of benzene rings is 1. The van der Waals surface area contributed by atoms with Crippen LogP contribution in [0.5, 0.6) is 0 Å². The SMILES string of the molecule is Cc1ccc(CC(Nc2ncnc3c2c(Br)nn3C)c2ccccn2)cc1. The summed E-state index contributed by atoms with van der Waals surface area (Å²) in [6.07, 6.45) is 4.16. The predicted molar refractivity (Wildman–Crippen MR) is 109 cm³/mol. The van der Waals surface area contributed by atoms with Gasteiger partial charge in [0.25, 0.3) is 0 Å². The van der Waals surface area contributed by atoms with Crippen molar-refractivity contribution >= 4 is 32.8 Å². The maximum atomic E-state index is 4.56. The fraction of sp³-hybridized carbons (Fsp3) is 0.200. The molecule has 1 aromatic carbocycles. The van der Waals surface area contributed by atoms with Crippen LogP contribution in [0.15, 0.2) is 59.6 Å². The molecule has 3 aromatic heterocycles. The van der Waals surface area contributed by atoms with Crippen LogP contribution in [-0.2, 0) is 13.5 Å². The lowest BCUT2D eigenvalue weighted by Gasteiger charge is -2.19. The number of halogens is 1. The van der Waals surface area contributed by atoms with Crippen molar-refractivity contribution in [1.29, 1.82) is 0 Å². The Bertz CT molecular complexity index is 1060. The lowest BCUT2D eigenvalue weighted by atomic mass is 10.0. The molecule has 0 aliphatic heterocycles. The van der Waals surface area contributed by atoms with Crippen molar-refractivity contribution in [2.24, 2.45) is 7.05 Å². The normalized spacial score (nSPS) is 12.3. The molecule has 4 aromatic rings. The molecule has 1 unspecified atom stereocenters. The molecule has 0 bridgehead atoms. The van der Waals surface area contributed by atoms with Crippen molar-refractivity contribution in [3.63, 3.8) is 0 Å². The lowest BCUT2D eigenvalue weighted by molar-refractivity contribution is 0.742. The van der Waals surface area contributed by atoms with Crippen LogP contribution in [-0.4, -0.2) is 24.7 Å². The second-order valence-corrected chi connectivity index (χ2v) is 7.23. The number of pyridine rings is 1. The van der Waals surface area contributed by atoms with Gasteiger partial charge in [0, 0.05) is 13.2 Å². The highest BCUT2D eigenvalue weighted by Crippen LogP contribution is 2.30. The molecule has 1 N–H and O–H groups in total. The minimum atomic E-state index is -0.0286. The van der Waals surface area contributed by atoms with Gasteiger partial charge in [0.05, 0.1) is 17.1 Å². The first-order valence-corrected chi connectivity index (χ1v) is 9.47. The standard InChI is InChI=1S/C20H19BrN6/c1-13-6-8-14(9-7-13)11-16(15-5-3-4-10-22-15)25-19-17-18(21)26-27(2)20(17)24-12-23-19/h3-10,12,16H,11H2,1-2H3,(H,23,24,25). The second kappa shape index (κ2) is 7.44. The first-order valence-electron chi connectivity index (χ1n) is 8.68. The molecule has 7 heteroatoms. The summed E-state index contributed by atoms with van der Waals surface area (Å²) in [7, 11) is 1.87. The van der Waals surface area contributed by atoms with Crippen molar-refractivity contribution in [2.75, 3.05) is 5.32 Å². The molecule has 1 atom stereocenters. The van der Waals surface area contributed by atoms with Gasteiger partial charge in [-0.25, -0.2) is 14.6 Å². The number of fused-ring (bicyclic) bond motifs is 1. The summed E-state index contributed by atoms with van der Waals surface area (Å²) in [5, 5.41) is 8.82. The minimum Gasteiger partial charge on any atom is -0.361 e. The Morgan fingerprint density at radius 2 is 1.89 bits per heavy atom. The molecular formula is C20H19BrN6. The highest BCUT2D eigenvalue weighted by molar-refractivity contribution is 9.10. The zero-order chi connectivity index (χ0) is 18.8. The van der Waals surface area contributed by atoms with Crippen molar-refractivity contribution in [2.45, 2.75) is 19.4 Å². The maximum absolute atomic E-state index is 4.56. The Balaban J connectivity index is 1.72. The smallest absolute Gasteiger partial charge is 0.164 e. The van der Waals surface area contributed by atoms with E-state index in [1.165, 1.54) is 11.1 Å². The van der Waals surface area contributed by atoms with E-state index >= 15 is 0 Å². The van der Waals surface area contributed by atoms with E-state index < -0.39 is 0 Å². The number of nitrogens with one attached hydrogen (secondary N) is 1. The number of aryl methyl sites for hydroxylation is 2. The van der Waals surface area contributed by atoms with Crippen molar-refractivity contribution in [3.8, 4) is 0 Å². The molecule has 0 radical (unpaired) electrons. The average Bonchev–Trinajstić information content (AvgIpc) is 2.98. The van der Waals surface area contributed by atoms with Gasteiger partial charge in [-0.05, 0) is 47.0 Å². The van der Waals surface area contributed by atoms with E-state index in [1.54, 1.807) is 11.0 Å². The molecule has 0 fully saturated rings. The van der Waals surface area contributed by atoms with Crippen LogP contribution in [0.4, 0.5) is 5.82 Å². The Morgan fingerprint density at radius 1 is 1.07 bits per heavy atom. The number of aromatic nitrogens is 5. The van der Waals surface area contributed by atoms with E-state index in [0.717, 1.165) is 33.6 Å². The summed E-state index contributed by atoms with van der Waals surface area (Å²) in [6.45, 7) is 2.09. The topological polar surface area (TPSA) is 68.5 Å². The predicted octanol–water partition coefficient (Wildman–Crippen LogP) is 4.23. The van der Waals surface area contributed by atoms with Crippen LogP contribution in [0, 0.1) is 6.92 Å². The van der Waals surface area contributed by atoms with E-state index in [2.05, 4.69) is 72.5 Å². The number of anilines is 1. The van der Waals surface area contributed by atoms with Crippen LogP contribution in [0.25, 0.3) is 11.0 Å². The molecule has 3 heterocycles. The molecule has 6 nitrogen and oxygen atoms in total. The summed E-state index contributed by atoms with van der Waals surface area (Å²) < 4.78 is 2.46. The number of hydrogen-bond donors (Lipinski definition) is 1. The van der Waals surface area contributed by atoms with Gasteiger partial charge in [-0.2, -0.15) is 5.10 Å². The van der Waals surface area contributed by atoms with E-state index in [0.29, 0.717) is 0 Å². The number of hydrogen-bond acceptors (Lipinski definition) is 5. The van der Waals surface area contributed by atoms with Crippen LogP contribution in [0.3, 0.4) is 0 Å². The molecule has 4 rings (SSSR count). The molecule has 0 aliphatic carbocycles. The van der Waals surface area contributed by atoms with Gasteiger partial charge in [0.15, 0.2) is 5.65 Å². The van der Waals surface area contributed by atoms with Gasteiger partial charge in [-0.1, -0.05) is 35.9 Å². The average molecular weight is 423 g/mol. The van der Waals surface area contributed by atoms with Crippen molar-refractivity contribution < 1.29 is 0 Å². The summed E-state index contributed by atoms with van der Waals surface area (Å²) in [5.74, 6) is 0.739. The van der Waals surface area contributed by atoms with Gasteiger partial charge < -0.3 is 5.32 Å². The molecule has 0 amide bonds. The molecule has 0 aliphatic rings. The third-order valence-electron chi connectivity index (χ3n) is 4.49. The highest BCUT2D eigenvalue weighted by atomic mass is 79.9. The number of rotatable bonds is 5. The highest BCUT2D eigenvalue weighted by Gasteiger charge is 2.19. The molecular weight excluding hydrogens is 404 g/mol. The Labute approximate surface area is 165 Å². The summed E-state index contributed by atoms with van der Waals surface area (Å²) in [4.78, 5) is 13.4. The fourth-order valence-corrected chi connectivity index (χ4v) is 3.69. The fourth-order valence-electron chi connectivity index (χ4n) is 3.09. The first kappa shape index (κ1) is 17.6. The van der Waals surface area contributed by atoms with Crippen molar-refractivity contribution in [3.05, 3.63) is 76.4 Å². The molecule has 0 saturated heterocycles. The third-order valence-corrected chi connectivity index (χ3v) is 5.05. The van der Waals surface area contributed by atoms with Gasteiger partial charge in [0.2, 0.25) is 0 Å². The maximum Gasteiger partial charge on any atom is 0.164 e. The van der Waals surface area contributed by atoms with E-state index in [9.17, 15) is 0 Å². The molecule has 0 spiro atoms. The summed E-state index contributed by atoms with van der Waals surface area (Å²) >= 11 is 3.52. The second-order valence-electron chi connectivity index (χ2n) is 6.48. The van der Waals surface area contributed by atoms with Crippen LogP contribution >= 0.6 is 15.9 Å². The summed E-state index contributed by atoms with van der Waals surface area (Å²) in [5.41, 5.74) is 4.22. The van der Waals surface area contributed by atoms with Gasteiger partial charge in [-0.15, -0.1) is 0 Å². The summed E-state index contributed by atoms with van der Waals surface area (Å²) in [6, 6.07) is 14.5. The van der Waals surface area contributed by atoms with Gasteiger partial charge in [0.1, 0.15) is 16.7 Å². The van der Waals surface area contributed by atoms with Crippen LogP contribution < -0.4 is 5.32 Å². The molecule has 0 saturated carbocycles. The molecule has 136 valence electrons. The monoisotopic (exact) mass is 422 g/mol. The van der Waals surface area contributed by atoms with Crippen molar-refractivity contribution in [1.82, 2.24) is 24.7 Å². The third kappa shape index (κ3) is 3.68. The van der Waals surface area contributed by atoms with Gasteiger partial charge >= 0.3 is 0 Å². The quantitative estimate of drug-likeness (QED) is 0.521. The zero-order valence-electron chi connectivity index (χ0n) is 15.1. The van der Waals surface area contributed by atoms with Crippen LogP contribution in [0.2, 0.25) is 0 Å². The Kier molecular flexibility index (Phi) is 4.85. The first-order chi connectivity index (χ1) is 13.1. The largest absolute Gasteiger partial charge is 0.361 e. The lowest BCUT2D eigenvalue weighted by Crippen LogP contribution is -2.16. The minimum absolute atomic E-state index is 0.0286. The van der Waals surface area contributed by atoms with E-state index in [-0.39, 0.29) is 6.04 Å². The zero-order valence-corrected chi connectivity index (χ0v) is 16.7. The Hall–Kier alpha value is -2.80. The number of nitrogens with zero attached hydrogens (tertiary/aromatic N) is 5. The van der Waals surface area contributed by atoms with Crippen LogP contribution in [0.1, 0.15) is 22.9 Å². The van der Waals surface area contributed by atoms with Gasteiger partial charge in [-0.3, -0.25) is 4.98 Å².